The number of nitrogens with zero attached hydrogens (tertiary/aromatic N) is 1. The van der Waals surface area contributed by atoms with E-state index >= 15 is 0 Å². The maximum Gasteiger partial charge on any atom is 0.262 e. The summed E-state index contributed by atoms with van der Waals surface area (Å²) in [6, 6.07) is 9.49. The Balaban J connectivity index is 2.10. The van der Waals surface area contributed by atoms with Crippen molar-refractivity contribution in [2.45, 2.75) is 40.2 Å². The molecule has 2 N–H and O–H groups in total. The van der Waals surface area contributed by atoms with Gasteiger partial charge in [-0.25, -0.2) is 5.43 Å². The van der Waals surface area contributed by atoms with Gasteiger partial charge >= 0.3 is 0 Å². The van der Waals surface area contributed by atoms with Crippen molar-refractivity contribution in [3.63, 3.8) is 0 Å². The van der Waals surface area contributed by atoms with E-state index in [1.807, 2.05) is 39.8 Å². The average Bonchev–Trinajstić information content (AvgIpc) is 2.76. The van der Waals surface area contributed by atoms with Gasteiger partial charge in [0.1, 0.15) is 6.04 Å². The zero-order valence-electron chi connectivity index (χ0n) is 19.2. The standard InChI is InChI=1S/C24H29ClIN3O4/c1-5-10-33-22-19(26)11-16(12-20(22)32-6-2)14-27-29-24(31)21(15(3)4)28-23(30)17-8-7-9-18(25)13-17/h7-9,11-15,21H,5-6,10H2,1-4H3,(H,28,30)(H,29,31)/b27-14+. The maximum atomic E-state index is 12.7. The molecule has 0 heterocycles. The van der Waals surface area contributed by atoms with Gasteiger partial charge in [-0.2, -0.15) is 5.10 Å². The molecule has 0 spiro atoms. The van der Waals surface area contributed by atoms with Gasteiger partial charge in [-0.3, -0.25) is 9.59 Å². The molecule has 0 aliphatic rings. The lowest BCUT2D eigenvalue weighted by Gasteiger charge is -2.20. The van der Waals surface area contributed by atoms with Crippen molar-refractivity contribution >= 4 is 52.2 Å². The van der Waals surface area contributed by atoms with Crippen LogP contribution in [0.15, 0.2) is 41.5 Å². The van der Waals surface area contributed by atoms with Gasteiger partial charge in [0, 0.05) is 10.6 Å². The fourth-order valence-electron chi connectivity index (χ4n) is 2.90. The van der Waals surface area contributed by atoms with Gasteiger partial charge in [0.2, 0.25) is 0 Å². The Morgan fingerprint density at radius 2 is 1.94 bits per heavy atom. The molecule has 2 rings (SSSR count). The molecular formula is C24H29ClIN3O4. The fraction of sp³-hybridized carbons (Fsp3) is 0.375. The van der Waals surface area contributed by atoms with Crippen molar-refractivity contribution in [2.24, 2.45) is 11.0 Å². The molecule has 0 bridgehead atoms. The molecule has 2 amide bonds. The van der Waals surface area contributed by atoms with Crippen LogP contribution in [0.2, 0.25) is 5.02 Å². The number of rotatable bonds is 11. The summed E-state index contributed by atoms with van der Waals surface area (Å²) >= 11 is 8.14. The minimum Gasteiger partial charge on any atom is -0.490 e. The molecule has 0 saturated carbocycles. The molecule has 1 atom stereocenters. The zero-order chi connectivity index (χ0) is 24.4. The molecule has 2 aromatic carbocycles. The summed E-state index contributed by atoms with van der Waals surface area (Å²) in [6.45, 7) is 8.73. The van der Waals surface area contributed by atoms with E-state index in [1.165, 1.54) is 6.21 Å². The average molecular weight is 586 g/mol. The molecule has 1 unspecified atom stereocenters. The quantitative estimate of drug-likeness (QED) is 0.220. The molecule has 0 aromatic heterocycles. The first-order chi connectivity index (χ1) is 15.8. The van der Waals surface area contributed by atoms with Crippen LogP contribution in [0.25, 0.3) is 0 Å². The Morgan fingerprint density at radius 3 is 2.58 bits per heavy atom. The van der Waals surface area contributed by atoms with Gasteiger partial charge in [-0.1, -0.05) is 38.4 Å². The number of nitrogens with one attached hydrogen (secondary N) is 2. The molecule has 33 heavy (non-hydrogen) atoms. The predicted molar refractivity (Wildman–Crippen MR) is 139 cm³/mol. The third-order valence-electron chi connectivity index (χ3n) is 4.49. The third-order valence-corrected chi connectivity index (χ3v) is 5.53. The molecule has 7 nitrogen and oxygen atoms in total. The summed E-state index contributed by atoms with van der Waals surface area (Å²) in [5.41, 5.74) is 3.64. The van der Waals surface area contributed by atoms with Crippen LogP contribution in [0, 0.1) is 9.49 Å². The van der Waals surface area contributed by atoms with E-state index in [2.05, 4.69) is 38.4 Å². The Bertz CT molecular complexity index is 998. The van der Waals surface area contributed by atoms with Gasteiger partial charge in [-0.15, -0.1) is 0 Å². The maximum absolute atomic E-state index is 12.7. The van der Waals surface area contributed by atoms with Gasteiger partial charge < -0.3 is 14.8 Å². The number of hydrazone groups is 1. The number of benzene rings is 2. The van der Waals surface area contributed by atoms with Crippen molar-refractivity contribution in [3.8, 4) is 11.5 Å². The van der Waals surface area contributed by atoms with Gasteiger partial charge in [0.25, 0.3) is 11.8 Å². The third kappa shape index (κ3) is 8.19. The fourth-order valence-corrected chi connectivity index (χ4v) is 3.87. The number of amides is 2. The van der Waals surface area contributed by atoms with Crippen LogP contribution in [0.5, 0.6) is 11.5 Å². The second-order valence-electron chi connectivity index (χ2n) is 7.55. The Kier molecular flexibility index (Phi) is 10.9. The number of carbonyl (C=O) groups is 2. The summed E-state index contributed by atoms with van der Waals surface area (Å²) in [5, 5.41) is 7.27. The normalized spacial score (nSPS) is 12.0. The van der Waals surface area contributed by atoms with E-state index in [4.69, 9.17) is 21.1 Å². The predicted octanol–water partition coefficient (Wildman–Crippen LogP) is 5.04. The molecule has 178 valence electrons. The van der Waals surface area contributed by atoms with Gasteiger partial charge in [-0.05, 0) is 77.7 Å². The molecule has 0 fully saturated rings. The van der Waals surface area contributed by atoms with Crippen LogP contribution in [-0.2, 0) is 4.79 Å². The lowest BCUT2D eigenvalue weighted by atomic mass is 10.0. The first-order valence-corrected chi connectivity index (χ1v) is 12.2. The highest BCUT2D eigenvalue weighted by Crippen LogP contribution is 2.34. The monoisotopic (exact) mass is 585 g/mol. The highest BCUT2D eigenvalue weighted by molar-refractivity contribution is 14.1. The lowest BCUT2D eigenvalue weighted by Crippen LogP contribution is -2.48. The zero-order valence-corrected chi connectivity index (χ0v) is 22.1. The van der Waals surface area contributed by atoms with Gasteiger partial charge in [0.15, 0.2) is 11.5 Å². The summed E-state index contributed by atoms with van der Waals surface area (Å²) < 4.78 is 12.4. The largest absolute Gasteiger partial charge is 0.490 e. The van der Waals surface area contributed by atoms with Crippen molar-refractivity contribution in [1.29, 1.82) is 0 Å². The van der Waals surface area contributed by atoms with Crippen molar-refractivity contribution in [3.05, 3.63) is 56.1 Å². The van der Waals surface area contributed by atoms with E-state index in [0.717, 1.165) is 15.6 Å². The molecule has 0 aliphatic heterocycles. The number of ether oxygens (including phenoxy) is 2. The second kappa shape index (κ2) is 13.4. The summed E-state index contributed by atoms with van der Waals surface area (Å²) in [5.74, 6) is 0.376. The highest BCUT2D eigenvalue weighted by Gasteiger charge is 2.24. The number of hydrogen-bond acceptors (Lipinski definition) is 5. The first-order valence-electron chi connectivity index (χ1n) is 10.7. The highest BCUT2D eigenvalue weighted by atomic mass is 127. The molecular weight excluding hydrogens is 557 g/mol. The first kappa shape index (κ1) is 26.9. The molecule has 2 aromatic rings. The van der Waals surface area contributed by atoms with E-state index in [0.29, 0.717) is 35.3 Å². The number of halogens is 2. The topological polar surface area (TPSA) is 89.0 Å². The van der Waals surface area contributed by atoms with Crippen LogP contribution >= 0.6 is 34.2 Å². The smallest absolute Gasteiger partial charge is 0.262 e. The van der Waals surface area contributed by atoms with Crippen molar-refractivity contribution < 1.29 is 19.1 Å². The van der Waals surface area contributed by atoms with Crippen LogP contribution < -0.4 is 20.2 Å². The summed E-state index contributed by atoms with van der Waals surface area (Å²) in [6.07, 6.45) is 2.42. The minimum absolute atomic E-state index is 0.149. The molecule has 0 aliphatic carbocycles. The number of carbonyl (C=O) groups excluding carboxylic acids is 2. The SMILES string of the molecule is CCCOc1c(I)cc(/C=N/NC(=O)C(NC(=O)c2cccc(Cl)c2)C(C)C)cc1OCC. The minimum atomic E-state index is -0.766. The van der Waals surface area contributed by atoms with Crippen LogP contribution in [0.4, 0.5) is 0 Å². The van der Waals surface area contributed by atoms with Crippen molar-refractivity contribution in [1.82, 2.24) is 10.7 Å². The Morgan fingerprint density at radius 1 is 1.18 bits per heavy atom. The molecule has 0 radical (unpaired) electrons. The molecule has 0 saturated heterocycles. The van der Waals surface area contributed by atoms with Gasteiger partial charge in [0.05, 0.1) is 23.0 Å². The van der Waals surface area contributed by atoms with E-state index < -0.39 is 11.9 Å². The van der Waals surface area contributed by atoms with Crippen LogP contribution in [0.3, 0.4) is 0 Å². The lowest BCUT2D eigenvalue weighted by molar-refractivity contribution is -0.123. The summed E-state index contributed by atoms with van der Waals surface area (Å²) in [7, 11) is 0. The van der Waals surface area contributed by atoms with E-state index in [9.17, 15) is 9.59 Å². The van der Waals surface area contributed by atoms with Crippen molar-refractivity contribution in [2.75, 3.05) is 13.2 Å². The van der Waals surface area contributed by atoms with E-state index in [1.54, 1.807) is 24.3 Å². The van der Waals surface area contributed by atoms with Crippen LogP contribution in [0.1, 0.15) is 50.0 Å². The number of hydrogen-bond donors (Lipinski definition) is 2. The summed E-state index contributed by atoms with van der Waals surface area (Å²) in [4.78, 5) is 25.2. The molecule has 9 heteroatoms. The second-order valence-corrected chi connectivity index (χ2v) is 9.15. The van der Waals surface area contributed by atoms with Crippen LogP contribution in [-0.4, -0.2) is 37.3 Å². The Labute approximate surface area is 213 Å². The Hall–Kier alpha value is -2.33. The van der Waals surface area contributed by atoms with E-state index in [-0.39, 0.29) is 11.8 Å².